The zero-order valence-corrected chi connectivity index (χ0v) is 9.91. The normalized spacial score (nSPS) is 44.8. The van der Waals surface area contributed by atoms with Gasteiger partial charge in [-0.25, -0.2) is 0 Å². The predicted octanol–water partition coefficient (Wildman–Crippen LogP) is 2.27. The van der Waals surface area contributed by atoms with E-state index >= 15 is 0 Å². The molecule has 2 saturated heterocycles. The molecule has 0 amide bonds. The summed E-state index contributed by atoms with van der Waals surface area (Å²) in [5.41, 5.74) is 6.67. The van der Waals surface area contributed by atoms with E-state index in [1.807, 2.05) is 0 Å². The topological polar surface area (TPSA) is 29.3 Å². The van der Waals surface area contributed by atoms with Gasteiger partial charge in [0, 0.05) is 23.7 Å². The van der Waals surface area contributed by atoms with E-state index in [9.17, 15) is 0 Å². The van der Waals surface area contributed by atoms with Crippen LogP contribution in [0.2, 0.25) is 0 Å². The summed E-state index contributed by atoms with van der Waals surface area (Å²) in [4.78, 5) is 2.88. The predicted molar refractivity (Wildman–Crippen MR) is 62.7 cm³/mol. The molecule has 15 heavy (non-hydrogen) atoms. The number of nitrogens with two attached hydrogens (primary N) is 1. The van der Waals surface area contributed by atoms with Gasteiger partial charge in [0.1, 0.15) is 0 Å². The smallest absolute Gasteiger partial charge is 0.0187 e. The molecule has 2 aliphatic heterocycles. The highest BCUT2D eigenvalue weighted by Gasteiger charge is 2.48. The molecule has 2 N–H and O–H groups in total. The molecule has 2 heterocycles. The van der Waals surface area contributed by atoms with Crippen molar-refractivity contribution in [2.45, 2.75) is 82.0 Å². The molecule has 2 unspecified atom stereocenters. The van der Waals surface area contributed by atoms with Crippen LogP contribution in [0.15, 0.2) is 0 Å². The molecular formula is C13H24N2. The number of rotatable bonds is 1. The van der Waals surface area contributed by atoms with Gasteiger partial charge < -0.3 is 5.73 Å². The fourth-order valence-corrected chi connectivity index (χ4v) is 4.50. The lowest BCUT2D eigenvalue weighted by Gasteiger charge is -2.48. The Balaban J connectivity index is 1.82. The molecule has 0 spiro atoms. The lowest BCUT2D eigenvalue weighted by atomic mass is 9.89. The molecular weight excluding hydrogens is 184 g/mol. The Morgan fingerprint density at radius 3 is 2.13 bits per heavy atom. The van der Waals surface area contributed by atoms with Crippen molar-refractivity contribution >= 4 is 0 Å². The molecule has 86 valence electrons. The van der Waals surface area contributed by atoms with Crippen LogP contribution in [0.1, 0.15) is 58.3 Å². The minimum absolute atomic E-state index is 0.490. The quantitative estimate of drug-likeness (QED) is 0.716. The van der Waals surface area contributed by atoms with Crippen molar-refractivity contribution in [3.8, 4) is 0 Å². The first-order valence-corrected chi connectivity index (χ1v) is 6.73. The van der Waals surface area contributed by atoms with Gasteiger partial charge in [-0.15, -0.1) is 0 Å². The third-order valence-corrected chi connectivity index (χ3v) is 5.07. The SMILES string of the molecule is CC1(N2C3CCC2CC(N)C3)CCCC1. The number of nitrogens with zero attached hydrogens (tertiary/aromatic N) is 1. The van der Waals surface area contributed by atoms with Crippen LogP contribution in [-0.4, -0.2) is 28.6 Å². The average Bonchev–Trinajstić information content (AvgIpc) is 2.71. The lowest BCUT2D eigenvalue weighted by Crippen LogP contribution is -2.56. The number of hydrogen-bond donors (Lipinski definition) is 1. The van der Waals surface area contributed by atoms with Crippen molar-refractivity contribution in [2.24, 2.45) is 5.73 Å². The molecule has 2 heteroatoms. The van der Waals surface area contributed by atoms with E-state index in [-0.39, 0.29) is 0 Å². The second-order valence-electron chi connectivity index (χ2n) is 6.23. The van der Waals surface area contributed by atoms with E-state index in [1.54, 1.807) is 0 Å². The summed E-state index contributed by atoms with van der Waals surface area (Å²) in [6.45, 7) is 2.50. The van der Waals surface area contributed by atoms with Gasteiger partial charge in [-0.3, -0.25) is 4.90 Å². The monoisotopic (exact) mass is 208 g/mol. The highest BCUT2D eigenvalue weighted by Crippen LogP contribution is 2.46. The van der Waals surface area contributed by atoms with Crippen LogP contribution in [0.25, 0.3) is 0 Å². The van der Waals surface area contributed by atoms with Crippen LogP contribution in [0.5, 0.6) is 0 Å². The maximum atomic E-state index is 6.13. The van der Waals surface area contributed by atoms with Gasteiger partial charge in [-0.05, 0) is 45.4 Å². The molecule has 3 fully saturated rings. The van der Waals surface area contributed by atoms with E-state index in [1.165, 1.54) is 51.4 Å². The van der Waals surface area contributed by atoms with Crippen molar-refractivity contribution in [3.63, 3.8) is 0 Å². The van der Waals surface area contributed by atoms with Crippen molar-refractivity contribution in [1.29, 1.82) is 0 Å². The van der Waals surface area contributed by atoms with Gasteiger partial charge in [0.2, 0.25) is 0 Å². The number of piperidine rings is 1. The van der Waals surface area contributed by atoms with Crippen LogP contribution in [-0.2, 0) is 0 Å². The Morgan fingerprint density at radius 1 is 1.07 bits per heavy atom. The van der Waals surface area contributed by atoms with E-state index in [2.05, 4.69) is 11.8 Å². The van der Waals surface area contributed by atoms with Gasteiger partial charge in [0.15, 0.2) is 0 Å². The summed E-state index contributed by atoms with van der Waals surface area (Å²) in [6, 6.07) is 2.13. The maximum Gasteiger partial charge on any atom is 0.0187 e. The minimum Gasteiger partial charge on any atom is -0.328 e. The Hall–Kier alpha value is -0.0800. The molecule has 3 aliphatic rings. The van der Waals surface area contributed by atoms with Crippen molar-refractivity contribution in [1.82, 2.24) is 4.90 Å². The van der Waals surface area contributed by atoms with Gasteiger partial charge in [-0.2, -0.15) is 0 Å². The van der Waals surface area contributed by atoms with Crippen LogP contribution in [0, 0.1) is 0 Å². The summed E-state index contributed by atoms with van der Waals surface area (Å²) in [6.07, 6.45) is 11.1. The molecule has 0 aromatic carbocycles. The summed E-state index contributed by atoms with van der Waals surface area (Å²) in [5.74, 6) is 0. The Morgan fingerprint density at radius 2 is 1.60 bits per heavy atom. The maximum absolute atomic E-state index is 6.13. The van der Waals surface area contributed by atoms with Gasteiger partial charge in [0.05, 0.1) is 0 Å². The molecule has 0 radical (unpaired) electrons. The molecule has 3 rings (SSSR count). The fraction of sp³-hybridized carbons (Fsp3) is 1.00. The van der Waals surface area contributed by atoms with Crippen LogP contribution >= 0.6 is 0 Å². The number of fused-ring (bicyclic) bond motifs is 2. The van der Waals surface area contributed by atoms with Gasteiger partial charge in [0.25, 0.3) is 0 Å². The van der Waals surface area contributed by atoms with E-state index < -0.39 is 0 Å². The van der Waals surface area contributed by atoms with Crippen molar-refractivity contribution in [2.75, 3.05) is 0 Å². The Bertz CT molecular complexity index is 231. The summed E-state index contributed by atoms with van der Waals surface area (Å²) in [5, 5.41) is 0. The summed E-state index contributed by atoms with van der Waals surface area (Å²) < 4.78 is 0. The fourth-order valence-electron chi connectivity index (χ4n) is 4.50. The third-order valence-electron chi connectivity index (χ3n) is 5.07. The first-order chi connectivity index (χ1) is 7.19. The number of hydrogen-bond acceptors (Lipinski definition) is 2. The highest BCUT2D eigenvalue weighted by molar-refractivity contribution is 5.05. The zero-order valence-electron chi connectivity index (χ0n) is 9.91. The molecule has 1 aliphatic carbocycles. The highest BCUT2D eigenvalue weighted by atomic mass is 15.3. The molecule has 2 bridgehead atoms. The summed E-state index contributed by atoms with van der Waals surface area (Å²) in [7, 11) is 0. The summed E-state index contributed by atoms with van der Waals surface area (Å²) >= 11 is 0. The van der Waals surface area contributed by atoms with E-state index in [0.717, 1.165) is 12.1 Å². The molecule has 2 nitrogen and oxygen atoms in total. The molecule has 1 saturated carbocycles. The largest absolute Gasteiger partial charge is 0.328 e. The van der Waals surface area contributed by atoms with Crippen molar-refractivity contribution < 1.29 is 0 Å². The standard InChI is InChI=1S/C13H24N2/c1-13(6-2-3-7-13)15-11-4-5-12(15)9-10(14)8-11/h10-12H,2-9,14H2,1H3. The molecule has 0 aromatic heterocycles. The van der Waals surface area contributed by atoms with Gasteiger partial charge >= 0.3 is 0 Å². The lowest BCUT2D eigenvalue weighted by molar-refractivity contribution is 0.0186. The first kappa shape index (κ1) is 10.1. The Labute approximate surface area is 93.2 Å². The van der Waals surface area contributed by atoms with Gasteiger partial charge in [-0.1, -0.05) is 12.8 Å². The molecule has 0 aromatic rings. The Kier molecular flexibility index (Phi) is 2.33. The van der Waals surface area contributed by atoms with Crippen molar-refractivity contribution in [3.05, 3.63) is 0 Å². The third kappa shape index (κ3) is 1.53. The van der Waals surface area contributed by atoms with E-state index in [0.29, 0.717) is 11.6 Å². The van der Waals surface area contributed by atoms with E-state index in [4.69, 9.17) is 5.73 Å². The second kappa shape index (κ2) is 3.46. The van der Waals surface area contributed by atoms with Crippen LogP contribution < -0.4 is 5.73 Å². The van der Waals surface area contributed by atoms with Crippen LogP contribution in [0.4, 0.5) is 0 Å². The zero-order chi connectivity index (χ0) is 10.5. The first-order valence-electron chi connectivity index (χ1n) is 6.73. The average molecular weight is 208 g/mol. The minimum atomic E-state index is 0.490. The van der Waals surface area contributed by atoms with Crippen LogP contribution in [0.3, 0.4) is 0 Å². The molecule has 2 atom stereocenters. The second-order valence-corrected chi connectivity index (χ2v) is 6.23.